The quantitative estimate of drug-likeness (QED) is 0.859. The van der Waals surface area contributed by atoms with Gasteiger partial charge in [-0.3, -0.25) is 0 Å². The predicted octanol–water partition coefficient (Wildman–Crippen LogP) is 2.34. The summed E-state index contributed by atoms with van der Waals surface area (Å²) in [6, 6.07) is 8.83. The van der Waals surface area contributed by atoms with Crippen LogP contribution in [0.2, 0.25) is 0 Å². The first-order valence-electron chi connectivity index (χ1n) is 6.80. The maximum absolute atomic E-state index is 5.38. The molecule has 3 rings (SSSR count). The van der Waals surface area contributed by atoms with Crippen molar-refractivity contribution < 1.29 is 4.74 Å². The molecule has 92 valence electrons. The molecule has 1 fully saturated rings. The van der Waals surface area contributed by atoms with Crippen LogP contribution in [-0.4, -0.2) is 26.3 Å². The molecule has 1 atom stereocenters. The minimum Gasteiger partial charge on any atom is -0.381 e. The summed E-state index contributed by atoms with van der Waals surface area (Å²) in [5.41, 5.74) is 3.11. The second-order valence-corrected chi connectivity index (χ2v) is 5.31. The SMILES string of the molecule is c1ccc2c(c1)CC2CNCC1CCOCC1. The molecule has 2 heteroatoms. The summed E-state index contributed by atoms with van der Waals surface area (Å²) < 4.78 is 5.38. The molecule has 1 saturated heterocycles. The van der Waals surface area contributed by atoms with E-state index in [0.29, 0.717) is 0 Å². The zero-order chi connectivity index (χ0) is 11.5. The molecule has 1 aliphatic carbocycles. The number of hydrogen-bond donors (Lipinski definition) is 1. The van der Waals surface area contributed by atoms with Gasteiger partial charge in [-0.15, -0.1) is 0 Å². The van der Waals surface area contributed by atoms with E-state index in [1.807, 2.05) is 0 Å². The van der Waals surface area contributed by atoms with Crippen LogP contribution >= 0.6 is 0 Å². The molecule has 1 aliphatic heterocycles. The monoisotopic (exact) mass is 231 g/mol. The first-order chi connectivity index (χ1) is 8.43. The zero-order valence-corrected chi connectivity index (χ0v) is 10.3. The van der Waals surface area contributed by atoms with Gasteiger partial charge in [0.05, 0.1) is 0 Å². The van der Waals surface area contributed by atoms with E-state index in [1.165, 1.54) is 25.8 Å². The predicted molar refractivity (Wildman–Crippen MR) is 69.3 cm³/mol. The maximum Gasteiger partial charge on any atom is 0.0469 e. The Morgan fingerprint density at radius 1 is 1.12 bits per heavy atom. The molecule has 1 N–H and O–H groups in total. The fraction of sp³-hybridized carbons (Fsp3) is 0.600. The van der Waals surface area contributed by atoms with Crippen LogP contribution in [0.1, 0.15) is 29.9 Å². The highest BCUT2D eigenvalue weighted by molar-refractivity contribution is 5.40. The topological polar surface area (TPSA) is 21.3 Å². The largest absolute Gasteiger partial charge is 0.381 e. The fourth-order valence-electron chi connectivity index (χ4n) is 2.96. The molecule has 0 spiro atoms. The molecule has 0 bridgehead atoms. The summed E-state index contributed by atoms with van der Waals surface area (Å²) in [6.45, 7) is 4.23. The van der Waals surface area contributed by atoms with Crippen LogP contribution in [0.15, 0.2) is 24.3 Å². The van der Waals surface area contributed by atoms with E-state index in [1.54, 1.807) is 11.1 Å². The number of fused-ring (bicyclic) bond motifs is 1. The van der Waals surface area contributed by atoms with E-state index in [9.17, 15) is 0 Å². The van der Waals surface area contributed by atoms with Gasteiger partial charge in [-0.1, -0.05) is 24.3 Å². The minimum absolute atomic E-state index is 0.756. The number of benzene rings is 1. The highest BCUT2D eigenvalue weighted by atomic mass is 16.5. The highest BCUT2D eigenvalue weighted by Gasteiger charge is 2.25. The van der Waals surface area contributed by atoms with Crippen LogP contribution in [0.25, 0.3) is 0 Å². The molecule has 2 nitrogen and oxygen atoms in total. The van der Waals surface area contributed by atoms with Crippen molar-refractivity contribution in [2.45, 2.75) is 25.2 Å². The summed E-state index contributed by atoms with van der Waals surface area (Å²) >= 11 is 0. The molecular weight excluding hydrogens is 210 g/mol. The van der Waals surface area contributed by atoms with E-state index in [-0.39, 0.29) is 0 Å². The third kappa shape index (κ3) is 2.53. The van der Waals surface area contributed by atoms with Gasteiger partial charge >= 0.3 is 0 Å². The van der Waals surface area contributed by atoms with E-state index >= 15 is 0 Å². The fourth-order valence-corrected chi connectivity index (χ4v) is 2.96. The summed E-state index contributed by atoms with van der Waals surface area (Å²) in [4.78, 5) is 0. The molecule has 0 amide bonds. The Labute approximate surface area is 103 Å². The second-order valence-electron chi connectivity index (χ2n) is 5.31. The van der Waals surface area contributed by atoms with Crippen LogP contribution in [0.4, 0.5) is 0 Å². The van der Waals surface area contributed by atoms with Gasteiger partial charge in [-0.05, 0) is 42.9 Å². The van der Waals surface area contributed by atoms with Crippen LogP contribution in [-0.2, 0) is 11.2 Å². The number of hydrogen-bond acceptors (Lipinski definition) is 2. The van der Waals surface area contributed by atoms with E-state index in [2.05, 4.69) is 29.6 Å². The number of rotatable bonds is 4. The first kappa shape index (κ1) is 11.2. The van der Waals surface area contributed by atoms with Gasteiger partial charge in [0.25, 0.3) is 0 Å². The lowest BCUT2D eigenvalue weighted by atomic mass is 9.77. The van der Waals surface area contributed by atoms with Gasteiger partial charge in [0.2, 0.25) is 0 Å². The number of ether oxygens (including phenoxy) is 1. The summed E-state index contributed by atoms with van der Waals surface area (Å²) in [5.74, 6) is 1.59. The second kappa shape index (κ2) is 5.19. The lowest BCUT2D eigenvalue weighted by Gasteiger charge is -2.31. The molecule has 0 radical (unpaired) electrons. The Balaban J connectivity index is 1.41. The first-order valence-corrected chi connectivity index (χ1v) is 6.80. The molecule has 17 heavy (non-hydrogen) atoms. The van der Waals surface area contributed by atoms with Crippen molar-refractivity contribution in [3.63, 3.8) is 0 Å². The molecule has 2 aliphatic rings. The average Bonchev–Trinajstić information content (AvgIpc) is 2.36. The van der Waals surface area contributed by atoms with E-state index in [4.69, 9.17) is 4.74 Å². The van der Waals surface area contributed by atoms with Gasteiger partial charge in [0, 0.05) is 25.7 Å². The van der Waals surface area contributed by atoms with Crippen molar-refractivity contribution in [2.24, 2.45) is 5.92 Å². The lowest BCUT2D eigenvalue weighted by Crippen LogP contribution is -2.33. The van der Waals surface area contributed by atoms with Crippen LogP contribution in [0, 0.1) is 5.92 Å². The van der Waals surface area contributed by atoms with Crippen LogP contribution in [0.3, 0.4) is 0 Å². The van der Waals surface area contributed by atoms with Gasteiger partial charge < -0.3 is 10.1 Å². The third-order valence-electron chi connectivity index (χ3n) is 4.13. The maximum atomic E-state index is 5.38. The third-order valence-corrected chi connectivity index (χ3v) is 4.13. The van der Waals surface area contributed by atoms with Crippen molar-refractivity contribution in [1.29, 1.82) is 0 Å². The van der Waals surface area contributed by atoms with Gasteiger partial charge in [-0.25, -0.2) is 0 Å². The molecule has 1 unspecified atom stereocenters. The minimum atomic E-state index is 0.756. The van der Waals surface area contributed by atoms with Gasteiger partial charge in [0.1, 0.15) is 0 Å². The molecule has 1 heterocycles. The van der Waals surface area contributed by atoms with E-state index in [0.717, 1.165) is 31.6 Å². The highest BCUT2D eigenvalue weighted by Crippen LogP contribution is 2.34. The van der Waals surface area contributed by atoms with E-state index < -0.39 is 0 Å². The Hall–Kier alpha value is -0.860. The van der Waals surface area contributed by atoms with Gasteiger partial charge in [-0.2, -0.15) is 0 Å². The Morgan fingerprint density at radius 2 is 1.94 bits per heavy atom. The molecule has 1 aromatic carbocycles. The Kier molecular flexibility index (Phi) is 3.44. The van der Waals surface area contributed by atoms with Crippen LogP contribution < -0.4 is 5.32 Å². The summed E-state index contributed by atoms with van der Waals surface area (Å²) in [7, 11) is 0. The van der Waals surface area contributed by atoms with Gasteiger partial charge in [0.15, 0.2) is 0 Å². The molecule has 0 saturated carbocycles. The standard InChI is InChI=1S/C15H21NO/c1-2-4-15-13(3-1)9-14(15)11-16-10-12-5-7-17-8-6-12/h1-4,12,14,16H,5-11H2. The molecule has 1 aromatic rings. The smallest absolute Gasteiger partial charge is 0.0469 e. The van der Waals surface area contributed by atoms with Crippen molar-refractivity contribution in [2.75, 3.05) is 26.3 Å². The van der Waals surface area contributed by atoms with Crippen molar-refractivity contribution in [3.8, 4) is 0 Å². The van der Waals surface area contributed by atoms with Crippen molar-refractivity contribution in [3.05, 3.63) is 35.4 Å². The Morgan fingerprint density at radius 3 is 2.76 bits per heavy atom. The van der Waals surface area contributed by atoms with Crippen molar-refractivity contribution >= 4 is 0 Å². The summed E-state index contributed by atoms with van der Waals surface area (Å²) in [6.07, 6.45) is 3.72. The number of nitrogens with one attached hydrogen (secondary N) is 1. The average molecular weight is 231 g/mol. The van der Waals surface area contributed by atoms with Crippen molar-refractivity contribution in [1.82, 2.24) is 5.32 Å². The zero-order valence-electron chi connectivity index (χ0n) is 10.3. The normalized spacial score (nSPS) is 24.1. The Bertz CT molecular complexity index is 371. The summed E-state index contributed by atoms with van der Waals surface area (Å²) in [5, 5.41) is 3.64. The molecular formula is C15H21NO. The lowest BCUT2D eigenvalue weighted by molar-refractivity contribution is 0.0662. The molecule has 0 aromatic heterocycles. The van der Waals surface area contributed by atoms with Crippen LogP contribution in [0.5, 0.6) is 0 Å².